The van der Waals surface area contributed by atoms with Crippen LogP contribution >= 0.6 is 11.6 Å². The predicted molar refractivity (Wildman–Crippen MR) is 182 cm³/mol. The van der Waals surface area contributed by atoms with Gasteiger partial charge in [0, 0.05) is 62.8 Å². The summed E-state index contributed by atoms with van der Waals surface area (Å²) in [5, 5.41) is 0.580. The average molecular weight is 631 g/mol. The third-order valence-corrected chi connectivity index (χ3v) is 8.98. The van der Waals surface area contributed by atoms with E-state index in [4.69, 9.17) is 16.3 Å². The summed E-state index contributed by atoms with van der Waals surface area (Å²) in [6.45, 7) is 9.63. The molecule has 45 heavy (non-hydrogen) atoms. The molecule has 0 N–H and O–H groups in total. The standard InChI is InChI=1S/C37H47ClN4O3/c1-2-11-36(43)42-21-10-20-40(28-30-12-5-3-6-13-30)22-23-41(29-32-16-17-33(38)27-35(32)42)37(44)31-14-9-15-34(26-31)45-25-24-39-18-7-4-8-19-39/h3,5-6,9,12-17,26-27H,2,4,7-8,10-11,18-25,28-29H2,1H3. The van der Waals surface area contributed by atoms with E-state index >= 15 is 0 Å². The first-order chi connectivity index (χ1) is 22.0. The van der Waals surface area contributed by atoms with Crippen LogP contribution in [0.5, 0.6) is 5.75 Å². The molecule has 0 spiro atoms. The fourth-order valence-electron chi connectivity index (χ4n) is 6.31. The van der Waals surface area contributed by atoms with Gasteiger partial charge in [-0.1, -0.05) is 67.4 Å². The molecule has 0 saturated carbocycles. The van der Waals surface area contributed by atoms with Crippen LogP contribution in [0.2, 0.25) is 5.02 Å². The molecule has 3 aromatic rings. The second kappa shape index (κ2) is 16.8. The monoisotopic (exact) mass is 630 g/mol. The molecule has 0 bridgehead atoms. The third kappa shape index (κ3) is 9.55. The van der Waals surface area contributed by atoms with Crippen molar-refractivity contribution < 1.29 is 14.3 Å². The van der Waals surface area contributed by atoms with Crippen molar-refractivity contribution in [3.05, 3.63) is 94.5 Å². The van der Waals surface area contributed by atoms with Crippen LogP contribution in [0.15, 0.2) is 72.8 Å². The number of amides is 2. The number of fused-ring (bicyclic) bond motifs is 1. The first-order valence-corrected chi connectivity index (χ1v) is 17.0. The first-order valence-electron chi connectivity index (χ1n) is 16.6. The Balaban J connectivity index is 1.39. The smallest absolute Gasteiger partial charge is 0.254 e. The van der Waals surface area contributed by atoms with Crippen molar-refractivity contribution in [3.8, 4) is 5.75 Å². The Kier molecular flexibility index (Phi) is 12.3. The van der Waals surface area contributed by atoms with E-state index in [9.17, 15) is 9.59 Å². The minimum absolute atomic E-state index is 0.0530. The van der Waals surface area contributed by atoms with Gasteiger partial charge in [0.15, 0.2) is 0 Å². The highest BCUT2D eigenvalue weighted by Crippen LogP contribution is 2.29. The molecule has 2 amide bonds. The number of ether oxygens (including phenoxy) is 1. The molecule has 5 rings (SSSR count). The number of rotatable bonds is 9. The summed E-state index contributed by atoms with van der Waals surface area (Å²) in [6, 6.07) is 23.7. The quantitative estimate of drug-likeness (QED) is 0.258. The zero-order chi connectivity index (χ0) is 31.4. The summed E-state index contributed by atoms with van der Waals surface area (Å²) in [7, 11) is 0. The first kappa shape index (κ1) is 33.0. The van der Waals surface area contributed by atoms with Crippen LogP contribution < -0.4 is 9.64 Å². The molecular formula is C37H47ClN4O3. The molecule has 0 aromatic heterocycles. The van der Waals surface area contributed by atoms with Gasteiger partial charge in [-0.05, 0) is 80.2 Å². The van der Waals surface area contributed by atoms with Crippen molar-refractivity contribution in [3.63, 3.8) is 0 Å². The zero-order valence-electron chi connectivity index (χ0n) is 26.6. The molecule has 3 aromatic carbocycles. The van der Waals surface area contributed by atoms with E-state index in [0.717, 1.165) is 63.4 Å². The summed E-state index contributed by atoms with van der Waals surface area (Å²) < 4.78 is 6.12. The number of benzene rings is 3. The molecule has 2 aliphatic rings. The molecule has 0 aliphatic carbocycles. The van der Waals surface area contributed by atoms with Gasteiger partial charge < -0.3 is 14.5 Å². The summed E-state index contributed by atoms with van der Waals surface area (Å²) in [5.41, 5.74) is 3.55. The number of halogens is 1. The highest BCUT2D eigenvalue weighted by Gasteiger charge is 2.25. The average Bonchev–Trinajstić information content (AvgIpc) is 3.09. The second-order valence-corrected chi connectivity index (χ2v) is 12.6. The van der Waals surface area contributed by atoms with Crippen LogP contribution in [-0.4, -0.2) is 78.9 Å². The Morgan fingerprint density at radius 2 is 1.60 bits per heavy atom. The molecule has 1 saturated heterocycles. The van der Waals surface area contributed by atoms with Crippen molar-refractivity contribution >= 4 is 29.1 Å². The molecule has 2 aliphatic heterocycles. The van der Waals surface area contributed by atoms with Crippen molar-refractivity contribution in [2.75, 3.05) is 57.3 Å². The van der Waals surface area contributed by atoms with E-state index in [1.54, 1.807) is 0 Å². The van der Waals surface area contributed by atoms with Gasteiger partial charge in [-0.25, -0.2) is 0 Å². The lowest BCUT2D eigenvalue weighted by Gasteiger charge is -2.29. The van der Waals surface area contributed by atoms with Crippen molar-refractivity contribution in [1.29, 1.82) is 0 Å². The summed E-state index contributed by atoms with van der Waals surface area (Å²) in [5.74, 6) is 0.745. The Morgan fingerprint density at radius 1 is 0.800 bits per heavy atom. The highest BCUT2D eigenvalue weighted by atomic mass is 35.5. The molecule has 8 heteroatoms. The van der Waals surface area contributed by atoms with Crippen LogP contribution in [0, 0.1) is 0 Å². The zero-order valence-corrected chi connectivity index (χ0v) is 27.4. The molecule has 0 atom stereocenters. The van der Waals surface area contributed by atoms with Crippen molar-refractivity contribution in [1.82, 2.24) is 14.7 Å². The number of hydrogen-bond donors (Lipinski definition) is 0. The van der Waals surface area contributed by atoms with Crippen LogP contribution in [0.1, 0.15) is 66.9 Å². The SMILES string of the molecule is CCCC(=O)N1CCCN(Cc2ccccc2)CCN(C(=O)c2cccc(OCCN3CCCCC3)c2)Cc2ccc(Cl)cc21. The second-order valence-electron chi connectivity index (χ2n) is 12.2. The lowest BCUT2D eigenvalue weighted by atomic mass is 10.1. The van der Waals surface area contributed by atoms with E-state index in [1.165, 1.54) is 24.8 Å². The van der Waals surface area contributed by atoms with Gasteiger partial charge >= 0.3 is 0 Å². The number of piperidine rings is 1. The Labute approximate surface area is 273 Å². The molecule has 2 heterocycles. The van der Waals surface area contributed by atoms with Gasteiger partial charge in [-0.2, -0.15) is 0 Å². The number of carbonyl (C=O) groups is 2. The van der Waals surface area contributed by atoms with E-state index < -0.39 is 0 Å². The highest BCUT2D eigenvalue weighted by molar-refractivity contribution is 6.31. The van der Waals surface area contributed by atoms with E-state index in [1.807, 2.05) is 65.3 Å². The van der Waals surface area contributed by atoms with E-state index in [-0.39, 0.29) is 11.8 Å². The minimum Gasteiger partial charge on any atom is -0.492 e. The Bertz CT molecular complexity index is 1400. The lowest BCUT2D eigenvalue weighted by molar-refractivity contribution is -0.118. The molecule has 0 unspecified atom stereocenters. The number of anilines is 1. The summed E-state index contributed by atoms with van der Waals surface area (Å²) >= 11 is 6.50. The topological polar surface area (TPSA) is 56.3 Å². The van der Waals surface area contributed by atoms with Crippen LogP contribution in [0.4, 0.5) is 5.69 Å². The van der Waals surface area contributed by atoms with Gasteiger partial charge in [0.05, 0.1) is 5.69 Å². The predicted octanol–water partition coefficient (Wildman–Crippen LogP) is 6.89. The summed E-state index contributed by atoms with van der Waals surface area (Å²) in [6.07, 6.45) is 5.87. The molecule has 0 radical (unpaired) electrons. The van der Waals surface area contributed by atoms with Gasteiger partial charge in [0.25, 0.3) is 5.91 Å². The fraction of sp³-hybridized carbons (Fsp3) is 0.459. The number of nitrogens with zero attached hydrogens (tertiary/aromatic N) is 4. The molecule has 7 nitrogen and oxygen atoms in total. The fourth-order valence-corrected chi connectivity index (χ4v) is 6.48. The Morgan fingerprint density at radius 3 is 2.40 bits per heavy atom. The normalized spacial score (nSPS) is 16.9. The maximum absolute atomic E-state index is 14.2. The summed E-state index contributed by atoms with van der Waals surface area (Å²) in [4.78, 5) is 36.3. The van der Waals surface area contributed by atoms with Crippen LogP contribution in [0.3, 0.4) is 0 Å². The maximum Gasteiger partial charge on any atom is 0.254 e. The van der Waals surface area contributed by atoms with Gasteiger partial charge in [-0.3, -0.25) is 19.4 Å². The van der Waals surface area contributed by atoms with Crippen molar-refractivity contribution in [2.45, 2.75) is 58.5 Å². The molecular weight excluding hydrogens is 584 g/mol. The molecule has 240 valence electrons. The van der Waals surface area contributed by atoms with E-state index in [2.05, 4.69) is 34.1 Å². The van der Waals surface area contributed by atoms with Gasteiger partial charge in [0.2, 0.25) is 5.91 Å². The van der Waals surface area contributed by atoms with Crippen molar-refractivity contribution in [2.24, 2.45) is 0 Å². The minimum atomic E-state index is -0.0530. The number of likely N-dealkylation sites (tertiary alicyclic amines) is 1. The Hall–Kier alpha value is -3.39. The van der Waals surface area contributed by atoms with Gasteiger partial charge in [-0.15, -0.1) is 0 Å². The largest absolute Gasteiger partial charge is 0.492 e. The van der Waals surface area contributed by atoms with E-state index in [0.29, 0.717) is 49.0 Å². The maximum atomic E-state index is 14.2. The van der Waals surface area contributed by atoms with Gasteiger partial charge in [0.1, 0.15) is 12.4 Å². The third-order valence-electron chi connectivity index (χ3n) is 8.75. The number of carbonyl (C=O) groups excluding carboxylic acids is 2. The van der Waals surface area contributed by atoms with Crippen LogP contribution in [0.25, 0.3) is 0 Å². The molecule has 1 fully saturated rings. The number of hydrogen-bond acceptors (Lipinski definition) is 5. The van der Waals surface area contributed by atoms with Crippen LogP contribution in [-0.2, 0) is 17.9 Å². The lowest BCUT2D eigenvalue weighted by Crippen LogP contribution is -2.38.